The summed E-state index contributed by atoms with van der Waals surface area (Å²) in [5.74, 6) is -0.981. The molecule has 0 aliphatic heterocycles. The Morgan fingerprint density at radius 2 is 0.577 bits per heavy atom. The Morgan fingerprint density at radius 1 is 0.296 bits per heavy atom. The number of hydrogen-bond donors (Lipinski definition) is 0. The lowest BCUT2D eigenvalue weighted by Crippen LogP contribution is -2.30. The zero-order chi connectivity index (χ0) is 51.4. The molecule has 0 spiro atoms. The lowest BCUT2D eigenvalue weighted by atomic mass is 10.0. The first-order valence-electron chi connectivity index (χ1n) is 30.1. The molecule has 6 heteroatoms. The van der Waals surface area contributed by atoms with Crippen molar-refractivity contribution in [2.75, 3.05) is 13.2 Å². The summed E-state index contributed by atoms with van der Waals surface area (Å²) in [6.07, 6.45) is 77.3. The van der Waals surface area contributed by atoms with Gasteiger partial charge in [0.05, 0.1) is 0 Å². The van der Waals surface area contributed by atoms with Crippen LogP contribution in [0.1, 0.15) is 290 Å². The average Bonchev–Trinajstić information content (AvgIpc) is 3.37. The van der Waals surface area contributed by atoms with Gasteiger partial charge in [-0.3, -0.25) is 14.4 Å². The van der Waals surface area contributed by atoms with Crippen molar-refractivity contribution < 1.29 is 28.6 Å². The van der Waals surface area contributed by atoms with Gasteiger partial charge in [0.15, 0.2) is 6.10 Å². The van der Waals surface area contributed by atoms with Crippen LogP contribution in [-0.2, 0) is 28.6 Å². The van der Waals surface area contributed by atoms with Crippen molar-refractivity contribution in [2.24, 2.45) is 0 Å². The van der Waals surface area contributed by atoms with E-state index in [0.29, 0.717) is 19.3 Å². The van der Waals surface area contributed by atoms with Crippen molar-refractivity contribution in [3.05, 3.63) is 85.1 Å². The fraction of sp³-hybridized carbons (Fsp3) is 0.738. The zero-order valence-electron chi connectivity index (χ0n) is 46.7. The Balaban J connectivity index is 4.48. The van der Waals surface area contributed by atoms with Gasteiger partial charge in [-0.25, -0.2) is 0 Å². The van der Waals surface area contributed by atoms with Gasteiger partial charge in [0.2, 0.25) is 0 Å². The molecule has 0 heterocycles. The summed E-state index contributed by atoms with van der Waals surface area (Å²) in [6.45, 7) is 6.49. The highest BCUT2D eigenvalue weighted by molar-refractivity contribution is 5.71. The molecule has 1 atom stereocenters. The van der Waals surface area contributed by atoms with Gasteiger partial charge >= 0.3 is 17.9 Å². The van der Waals surface area contributed by atoms with Gasteiger partial charge in [0.1, 0.15) is 13.2 Å². The van der Waals surface area contributed by atoms with Gasteiger partial charge in [-0.15, -0.1) is 0 Å². The van der Waals surface area contributed by atoms with Gasteiger partial charge in [-0.1, -0.05) is 273 Å². The molecular formula is C65H112O6. The zero-order valence-corrected chi connectivity index (χ0v) is 46.7. The van der Waals surface area contributed by atoms with Crippen LogP contribution in [0.2, 0.25) is 0 Å². The summed E-state index contributed by atoms with van der Waals surface area (Å²) in [5.41, 5.74) is 0. The van der Waals surface area contributed by atoms with E-state index in [1.54, 1.807) is 0 Å². The minimum absolute atomic E-state index is 0.0991. The van der Waals surface area contributed by atoms with Gasteiger partial charge in [0, 0.05) is 19.3 Å². The van der Waals surface area contributed by atoms with Crippen LogP contribution in [0.5, 0.6) is 0 Å². The van der Waals surface area contributed by atoms with E-state index < -0.39 is 6.10 Å². The second kappa shape index (κ2) is 59.2. The first-order chi connectivity index (χ1) is 35.0. The lowest BCUT2D eigenvalue weighted by Gasteiger charge is -2.18. The molecule has 0 aliphatic rings. The van der Waals surface area contributed by atoms with Crippen LogP contribution >= 0.6 is 0 Å². The second-order valence-corrected chi connectivity index (χ2v) is 19.9. The first-order valence-corrected chi connectivity index (χ1v) is 30.1. The molecule has 6 nitrogen and oxygen atoms in total. The van der Waals surface area contributed by atoms with Crippen LogP contribution < -0.4 is 0 Å². The minimum atomic E-state index is -0.809. The number of hydrogen-bond acceptors (Lipinski definition) is 6. The van der Waals surface area contributed by atoms with Crippen molar-refractivity contribution in [3.63, 3.8) is 0 Å². The Hall–Kier alpha value is -3.41. The number of rotatable bonds is 54. The molecule has 0 N–H and O–H groups in total. The summed E-state index contributed by atoms with van der Waals surface area (Å²) in [5, 5.41) is 0. The highest BCUT2D eigenvalue weighted by Gasteiger charge is 2.19. The average molecular weight is 990 g/mol. The monoisotopic (exact) mass is 989 g/mol. The third-order valence-corrected chi connectivity index (χ3v) is 12.9. The van der Waals surface area contributed by atoms with E-state index in [4.69, 9.17) is 14.2 Å². The van der Waals surface area contributed by atoms with Crippen molar-refractivity contribution in [3.8, 4) is 0 Å². The number of esters is 3. The maximum Gasteiger partial charge on any atom is 0.306 e. The SMILES string of the molecule is CC/C=C\C/C=C\C/C=C\C/C=C\C/C=C\C/C=C\CCC(=O)OC[C@@H](COC(=O)CCCCCCCCCCCCCCCCC)OC(=O)CCCCCCCCC/C=C\CCCCCCCCCC. The minimum Gasteiger partial charge on any atom is -0.462 e. The summed E-state index contributed by atoms with van der Waals surface area (Å²) in [6, 6.07) is 0. The van der Waals surface area contributed by atoms with E-state index in [1.807, 2.05) is 6.08 Å². The molecule has 0 saturated carbocycles. The number of unbranched alkanes of at least 4 members (excludes halogenated alkanes) is 29. The van der Waals surface area contributed by atoms with E-state index in [1.165, 1.54) is 167 Å². The highest BCUT2D eigenvalue weighted by atomic mass is 16.6. The molecule has 0 fully saturated rings. The van der Waals surface area contributed by atoms with Crippen molar-refractivity contribution in [1.29, 1.82) is 0 Å². The van der Waals surface area contributed by atoms with Crippen molar-refractivity contribution in [2.45, 2.75) is 297 Å². The van der Waals surface area contributed by atoms with E-state index in [2.05, 4.69) is 99.8 Å². The summed E-state index contributed by atoms with van der Waals surface area (Å²) in [4.78, 5) is 38.2. The molecule has 0 aliphatic carbocycles. The maximum atomic E-state index is 12.9. The Kier molecular flexibility index (Phi) is 56.3. The smallest absolute Gasteiger partial charge is 0.306 e. The molecule has 0 saturated heterocycles. The van der Waals surface area contributed by atoms with Crippen LogP contribution in [0, 0.1) is 0 Å². The summed E-state index contributed by atoms with van der Waals surface area (Å²) < 4.78 is 16.8. The number of carbonyl (C=O) groups is 3. The predicted octanol–water partition coefficient (Wildman–Crippen LogP) is 20.3. The maximum absolute atomic E-state index is 12.9. The van der Waals surface area contributed by atoms with E-state index in [0.717, 1.165) is 77.0 Å². The van der Waals surface area contributed by atoms with Crippen LogP contribution in [0.4, 0.5) is 0 Å². The quantitative estimate of drug-likeness (QED) is 0.0261. The molecule has 71 heavy (non-hydrogen) atoms. The van der Waals surface area contributed by atoms with Crippen LogP contribution in [0.3, 0.4) is 0 Å². The van der Waals surface area contributed by atoms with Gasteiger partial charge < -0.3 is 14.2 Å². The van der Waals surface area contributed by atoms with E-state index in [-0.39, 0.29) is 37.5 Å². The highest BCUT2D eigenvalue weighted by Crippen LogP contribution is 2.16. The molecule has 0 bridgehead atoms. The largest absolute Gasteiger partial charge is 0.462 e. The molecule has 0 rings (SSSR count). The molecule has 408 valence electrons. The molecule has 0 unspecified atom stereocenters. The molecule has 0 aromatic rings. The van der Waals surface area contributed by atoms with Crippen LogP contribution in [-0.4, -0.2) is 37.2 Å². The Bertz CT molecular complexity index is 1370. The number of ether oxygens (including phenoxy) is 3. The lowest BCUT2D eigenvalue weighted by molar-refractivity contribution is -0.166. The summed E-state index contributed by atoms with van der Waals surface area (Å²) >= 11 is 0. The van der Waals surface area contributed by atoms with Gasteiger partial charge in [-0.2, -0.15) is 0 Å². The van der Waals surface area contributed by atoms with Gasteiger partial charge in [0.25, 0.3) is 0 Å². The van der Waals surface area contributed by atoms with E-state index >= 15 is 0 Å². The Morgan fingerprint density at radius 3 is 0.944 bits per heavy atom. The normalized spacial score (nSPS) is 12.7. The third kappa shape index (κ3) is 57.4. The molecule has 0 aromatic heterocycles. The molecule has 0 aromatic carbocycles. The first kappa shape index (κ1) is 67.6. The molecule has 0 amide bonds. The standard InChI is InChI=1S/C65H112O6/c1-4-7-10-13-16-19-22-25-28-30-32-34-37-40-43-46-49-52-55-58-64(67)70-61-62(60-69-63(66)57-54-51-48-45-42-39-36-27-24-21-18-15-12-9-6-3)71-65(68)59-56-53-50-47-44-41-38-35-33-31-29-26-23-20-17-14-11-8-5-2/h7,10,16,19,25,28,31-34,40,43,49,52,62H,4-6,8-9,11-15,17-18,20-24,26-27,29-30,35-39,41-42,44-48,50-51,53-61H2,1-3H3/b10-7-,19-16-,28-25-,33-31-,34-32-,43-40-,52-49-/t62-/m1/s1. The van der Waals surface area contributed by atoms with Crippen LogP contribution in [0.25, 0.3) is 0 Å². The fourth-order valence-corrected chi connectivity index (χ4v) is 8.41. The van der Waals surface area contributed by atoms with Crippen molar-refractivity contribution >= 4 is 17.9 Å². The summed E-state index contributed by atoms with van der Waals surface area (Å²) in [7, 11) is 0. The van der Waals surface area contributed by atoms with Crippen LogP contribution in [0.15, 0.2) is 85.1 Å². The number of carbonyl (C=O) groups excluding carboxylic acids is 3. The topological polar surface area (TPSA) is 78.9 Å². The third-order valence-electron chi connectivity index (χ3n) is 12.9. The Labute approximate surface area is 439 Å². The number of allylic oxidation sites excluding steroid dienone is 14. The predicted molar refractivity (Wildman–Crippen MR) is 307 cm³/mol. The van der Waals surface area contributed by atoms with Crippen molar-refractivity contribution in [1.82, 2.24) is 0 Å². The molecular weight excluding hydrogens is 877 g/mol. The van der Waals surface area contributed by atoms with E-state index in [9.17, 15) is 14.4 Å². The molecule has 0 radical (unpaired) electrons. The second-order valence-electron chi connectivity index (χ2n) is 19.9. The fourth-order valence-electron chi connectivity index (χ4n) is 8.41. The van der Waals surface area contributed by atoms with Gasteiger partial charge in [-0.05, 0) is 83.5 Å².